The molecule has 0 radical (unpaired) electrons. The molecule has 4 nitrogen and oxygen atoms in total. The molecule has 0 aliphatic carbocycles. The van der Waals surface area contributed by atoms with E-state index in [4.69, 9.17) is 5.26 Å². The number of methoxy groups -OCH3 is 1. The third-order valence-corrected chi connectivity index (χ3v) is 1.99. The number of alkyl halides is 5. The van der Waals surface area contributed by atoms with Crippen LogP contribution in [0.4, 0.5) is 22.0 Å². The maximum atomic E-state index is 12.6. The molecule has 19 heavy (non-hydrogen) atoms. The average Bonchev–Trinajstić information content (AvgIpc) is 2.27. The summed E-state index contributed by atoms with van der Waals surface area (Å²) >= 11 is 0. The van der Waals surface area contributed by atoms with Crippen molar-refractivity contribution in [2.45, 2.75) is 19.2 Å². The van der Waals surface area contributed by atoms with E-state index in [0.29, 0.717) is 0 Å². The maximum absolute atomic E-state index is 12.6. The summed E-state index contributed by atoms with van der Waals surface area (Å²) in [4.78, 5) is 3.18. The monoisotopic (exact) mass is 282 g/mol. The van der Waals surface area contributed by atoms with Crippen molar-refractivity contribution >= 4 is 0 Å². The topological polar surface area (TPSA) is 55.1 Å². The molecule has 0 unspecified atom stereocenters. The van der Waals surface area contributed by atoms with E-state index < -0.39 is 30.0 Å². The van der Waals surface area contributed by atoms with Crippen molar-refractivity contribution in [1.29, 1.82) is 5.26 Å². The van der Waals surface area contributed by atoms with Gasteiger partial charge in [-0.05, 0) is 0 Å². The highest BCUT2D eigenvalue weighted by molar-refractivity contribution is 5.49. The zero-order chi connectivity index (χ0) is 14.6. The third kappa shape index (κ3) is 3.67. The van der Waals surface area contributed by atoms with Crippen LogP contribution in [0.1, 0.15) is 17.7 Å². The Balaban J connectivity index is 3.42. The Labute approximate surface area is 104 Å². The lowest BCUT2D eigenvalue weighted by Crippen LogP contribution is -2.19. The summed E-state index contributed by atoms with van der Waals surface area (Å²) in [6.45, 7) is 0. The first-order valence-electron chi connectivity index (χ1n) is 4.76. The largest absolute Gasteiger partial charge is 0.573 e. The Morgan fingerprint density at radius 2 is 2.00 bits per heavy atom. The number of halogens is 5. The molecule has 0 aliphatic rings. The van der Waals surface area contributed by atoms with Gasteiger partial charge in [-0.1, -0.05) is 0 Å². The van der Waals surface area contributed by atoms with Gasteiger partial charge in [-0.15, -0.1) is 13.2 Å². The average molecular weight is 282 g/mol. The number of aromatic nitrogens is 1. The van der Waals surface area contributed by atoms with Crippen LogP contribution in [0, 0.1) is 11.3 Å². The number of ether oxygens (including phenoxy) is 2. The minimum Gasteiger partial charge on any atom is -0.492 e. The van der Waals surface area contributed by atoms with E-state index in [1.165, 1.54) is 0 Å². The minimum atomic E-state index is -5.18. The molecule has 0 spiro atoms. The smallest absolute Gasteiger partial charge is 0.492 e. The van der Waals surface area contributed by atoms with Crippen molar-refractivity contribution < 1.29 is 31.4 Å². The molecule has 1 aromatic heterocycles. The molecule has 0 N–H and O–H groups in total. The number of nitrogens with zero attached hydrogens (tertiary/aromatic N) is 2. The molecule has 0 aromatic carbocycles. The molecule has 1 aromatic rings. The third-order valence-electron chi connectivity index (χ3n) is 1.99. The van der Waals surface area contributed by atoms with Gasteiger partial charge in [-0.3, -0.25) is 4.98 Å². The maximum Gasteiger partial charge on any atom is 0.573 e. The van der Waals surface area contributed by atoms with E-state index >= 15 is 0 Å². The number of nitriles is 1. The Kier molecular flexibility index (Phi) is 4.47. The molecule has 1 heterocycles. The second-order valence-electron chi connectivity index (χ2n) is 3.21. The number of rotatable bonds is 4. The van der Waals surface area contributed by atoms with E-state index in [1.807, 2.05) is 0 Å². The zero-order valence-corrected chi connectivity index (χ0v) is 9.46. The second kappa shape index (κ2) is 5.69. The van der Waals surface area contributed by atoms with Gasteiger partial charge in [-0.25, -0.2) is 8.78 Å². The van der Waals surface area contributed by atoms with Gasteiger partial charge in [0.1, 0.15) is 0 Å². The van der Waals surface area contributed by atoms with Crippen molar-refractivity contribution in [1.82, 2.24) is 4.98 Å². The van der Waals surface area contributed by atoms with Gasteiger partial charge in [0.2, 0.25) is 0 Å². The normalized spacial score (nSPS) is 11.3. The number of pyridine rings is 1. The van der Waals surface area contributed by atoms with Crippen molar-refractivity contribution in [3.63, 3.8) is 0 Å². The Morgan fingerprint density at radius 3 is 2.42 bits per heavy atom. The fourth-order valence-corrected chi connectivity index (χ4v) is 1.33. The minimum absolute atomic E-state index is 0.0753. The fourth-order valence-electron chi connectivity index (χ4n) is 1.33. The Hall–Kier alpha value is -2.11. The lowest BCUT2D eigenvalue weighted by molar-refractivity contribution is -0.275. The van der Waals surface area contributed by atoms with Gasteiger partial charge in [0.25, 0.3) is 6.43 Å². The highest BCUT2D eigenvalue weighted by atomic mass is 19.4. The van der Waals surface area contributed by atoms with Crippen molar-refractivity contribution in [3.8, 4) is 17.6 Å². The van der Waals surface area contributed by atoms with Crippen LogP contribution in [0.5, 0.6) is 11.5 Å². The first kappa shape index (κ1) is 14.9. The summed E-state index contributed by atoms with van der Waals surface area (Å²) in [6.07, 6.45) is -7.95. The van der Waals surface area contributed by atoms with Crippen molar-refractivity contribution in [2.75, 3.05) is 7.11 Å². The summed E-state index contributed by atoms with van der Waals surface area (Å²) in [5, 5.41) is 8.50. The summed E-state index contributed by atoms with van der Waals surface area (Å²) in [6, 6.07) is 1.65. The van der Waals surface area contributed by atoms with Crippen LogP contribution in [0.2, 0.25) is 0 Å². The molecule has 0 fully saturated rings. The molecular formula is C10H7F5N2O2. The molecule has 0 bridgehead atoms. The van der Waals surface area contributed by atoms with Gasteiger partial charge >= 0.3 is 6.36 Å². The first-order valence-corrected chi connectivity index (χ1v) is 4.76. The molecule has 0 aliphatic heterocycles. The van der Waals surface area contributed by atoms with Gasteiger partial charge in [0.05, 0.1) is 19.6 Å². The Morgan fingerprint density at radius 1 is 1.37 bits per heavy atom. The van der Waals surface area contributed by atoms with E-state index in [1.54, 1.807) is 6.07 Å². The highest BCUT2D eigenvalue weighted by Crippen LogP contribution is 2.40. The predicted molar refractivity (Wildman–Crippen MR) is 51.7 cm³/mol. The van der Waals surface area contributed by atoms with Crippen LogP contribution >= 0.6 is 0 Å². The summed E-state index contributed by atoms with van der Waals surface area (Å²) in [5.41, 5.74) is -1.27. The van der Waals surface area contributed by atoms with Gasteiger partial charge in [-0.2, -0.15) is 5.26 Å². The lowest BCUT2D eigenvalue weighted by Gasteiger charge is -2.17. The van der Waals surface area contributed by atoms with Gasteiger partial charge in [0, 0.05) is 11.8 Å². The molecular weight excluding hydrogens is 275 g/mol. The van der Waals surface area contributed by atoms with Crippen LogP contribution in [-0.2, 0) is 6.42 Å². The molecule has 0 saturated carbocycles. The van der Waals surface area contributed by atoms with Crippen molar-refractivity contribution in [2.24, 2.45) is 0 Å². The highest BCUT2D eigenvalue weighted by Gasteiger charge is 2.36. The van der Waals surface area contributed by atoms with Crippen LogP contribution in [0.3, 0.4) is 0 Å². The van der Waals surface area contributed by atoms with Gasteiger partial charge < -0.3 is 9.47 Å². The molecule has 1 rings (SSSR count). The molecule has 9 heteroatoms. The van der Waals surface area contributed by atoms with Gasteiger partial charge in [0.15, 0.2) is 17.2 Å². The van der Waals surface area contributed by atoms with Crippen LogP contribution in [0.15, 0.2) is 6.20 Å². The Bertz CT molecular complexity index is 496. The molecule has 0 atom stereocenters. The molecule has 0 saturated heterocycles. The zero-order valence-electron chi connectivity index (χ0n) is 9.46. The second-order valence-corrected chi connectivity index (χ2v) is 3.21. The van der Waals surface area contributed by atoms with E-state index in [-0.39, 0.29) is 12.0 Å². The van der Waals surface area contributed by atoms with Crippen molar-refractivity contribution in [3.05, 3.63) is 17.5 Å². The SMILES string of the molecule is COc1c(CC#N)cnc(C(F)F)c1OC(F)(F)F. The fraction of sp³-hybridized carbons (Fsp3) is 0.400. The van der Waals surface area contributed by atoms with Crippen LogP contribution in [-0.4, -0.2) is 18.5 Å². The number of hydrogen-bond acceptors (Lipinski definition) is 4. The predicted octanol–water partition coefficient (Wildman–Crippen LogP) is 2.99. The summed E-state index contributed by atoms with van der Waals surface area (Å²) in [5.74, 6) is -1.80. The van der Waals surface area contributed by atoms with E-state index in [0.717, 1.165) is 13.3 Å². The summed E-state index contributed by atoms with van der Waals surface area (Å²) < 4.78 is 70.0. The van der Waals surface area contributed by atoms with E-state index in [9.17, 15) is 22.0 Å². The standard InChI is InChI=1S/C10H7F5N2O2/c1-18-7-5(2-3-16)4-17-6(9(11)12)8(7)19-10(13,14)15/h4,9H,2H2,1H3. The lowest BCUT2D eigenvalue weighted by atomic mass is 10.1. The quantitative estimate of drug-likeness (QED) is 0.797. The number of hydrogen-bond donors (Lipinski definition) is 0. The van der Waals surface area contributed by atoms with Crippen LogP contribution < -0.4 is 9.47 Å². The first-order chi connectivity index (χ1) is 8.80. The summed E-state index contributed by atoms with van der Waals surface area (Å²) in [7, 11) is 0.981. The van der Waals surface area contributed by atoms with E-state index in [2.05, 4.69) is 14.5 Å². The molecule has 104 valence electrons. The molecule has 0 amide bonds. The van der Waals surface area contributed by atoms with Crippen LogP contribution in [0.25, 0.3) is 0 Å².